The molecule has 0 amide bonds. The summed E-state index contributed by atoms with van der Waals surface area (Å²) in [5, 5.41) is 5.10. The second-order valence-electron chi connectivity index (χ2n) is 6.40. The summed E-state index contributed by atoms with van der Waals surface area (Å²) in [6, 6.07) is 6.20. The minimum Gasteiger partial charge on any atom is -0.398 e. The van der Waals surface area contributed by atoms with Crippen molar-refractivity contribution in [3.8, 4) is 0 Å². The van der Waals surface area contributed by atoms with Gasteiger partial charge < -0.3 is 15.9 Å². The highest BCUT2D eigenvalue weighted by atomic mass is 79.9. The number of nitrogen functional groups attached to an aromatic ring is 1. The van der Waals surface area contributed by atoms with E-state index in [1.807, 2.05) is 39.0 Å². The fourth-order valence-corrected chi connectivity index (χ4v) is 2.26. The first-order chi connectivity index (χ1) is 9.75. The smallest absolute Gasteiger partial charge is 0.330 e. The number of rotatable bonds is 4. The maximum absolute atomic E-state index is 11.7. The predicted molar refractivity (Wildman–Crippen MR) is 86.3 cm³/mol. The Labute approximate surface area is 133 Å². The highest BCUT2D eigenvalue weighted by molar-refractivity contribution is 9.10. The van der Waals surface area contributed by atoms with Crippen LogP contribution in [0.3, 0.4) is 0 Å². The number of benzene rings is 1. The number of halogens is 1. The van der Waals surface area contributed by atoms with Crippen molar-refractivity contribution < 1.29 is 9.63 Å². The molecule has 1 saturated heterocycles. The Kier molecular flexibility index (Phi) is 4.91. The van der Waals surface area contributed by atoms with Gasteiger partial charge in [0.1, 0.15) is 0 Å². The maximum atomic E-state index is 11.7. The van der Waals surface area contributed by atoms with Crippen LogP contribution in [0.4, 0.5) is 5.69 Å². The van der Waals surface area contributed by atoms with Crippen molar-refractivity contribution in [2.45, 2.75) is 33.4 Å². The van der Waals surface area contributed by atoms with Gasteiger partial charge in [0.25, 0.3) is 0 Å². The van der Waals surface area contributed by atoms with Crippen LogP contribution in [0.2, 0.25) is 0 Å². The lowest BCUT2D eigenvalue weighted by atomic mass is 9.98. The molecule has 0 saturated carbocycles. The standard InChI is InChI=1S/C15H22BrN3O2/c1-15(2,3)14(20)21-19-8-12(9-19)18-7-10-4-5-11(16)6-13(10)17/h4-6,12,18H,7-9,17H2,1-3H3. The van der Waals surface area contributed by atoms with E-state index in [0.29, 0.717) is 25.7 Å². The van der Waals surface area contributed by atoms with Crippen LogP contribution >= 0.6 is 15.9 Å². The minimum atomic E-state index is -0.468. The first kappa shape index (κ1) is 16.3. The molecule has 3 N–H and O–H groups in total. The summed E-state index contributed by atoms with van der Waals surface area (Å²) in [5.74, 6) is -0.196. The summed E-state index contributed by atoms with van der Waals surface area (Å²) >= 11 is 3.39. The van der Waals surface area contributed by atoms with Crippen molar-refractivity contribution in [1.29, 1.82) is 0 Å². The summed E-state index contributed by atoms with van der Waals surface area (Å²) in [6.45, 7) is 7.67. The first-order valence-corrected chi connectivity index (χ1v) is 7.79. The number of carbonyl (C=O) groups excluding carboxylic acids is 1. The van der Waals surface area contributed by atoms with Crippen molar-refractivity contribution in [3.63, 3.8) is 0 Å². The fraction of sp³-hybridized carbons (Fsp3) is 0.533. The number of nitrogens with zero attached hydrogens (tertiary/aromatic N) is 1. The van der Waals surface area contributed by atoms with E-state index in [1.165, 1.54) is 0 Å². The molecule has 0 bridgehead atoms. The van der Waals surface area contributed by atoms with Crippen LogP contribution < -0.4 is 11.1 Å². The topological polar surface area (TPSA) is 67.6 Å². The van der Waals surface area contributed by atoms with Crippen LogP contribution in [0.15, 0.2) is 22.7 Å². The number of nitrogens with two attached hydrogens (primary N) is 1. The Bertz CT molecular complexity index is 522. The van der Waals surface area contributed by atoms with Gasteiger partial charge in [-0.25, -0.2) is 4.79 Å². The molecule has 21 heavy (non-hydrogen) atoms. The predicted octanol–water partition coefficient (Wildman–Crippen LogP) is 2.31. The van der Waals surface area contributed by atoms with Crippen LogP contribution in [0.25, 0.3) is 0 Å². The van der Waals surface area contributed by atoms with Gasteiger partial charge in [-0.05, 0) is 38.5 Å². The molecule has 6 heteroatoms. The van der Waals surface area contributed by atoms with E-state index < -0.39 is 5.41 Å². The van der Waals surface area contributed by atoms with Crippen molar-refractivity contribution in [2.24, 2.45) is 5.41 Å². The van der Waals surface area contributed by atoms with Gasteiger partial charge in [0.15, 0.2) is 0 Å². The zero-order chi connectivity index (χ0) is 15.6. The van der Waals surface area contributed by atoms with E-state index >= 15 is 0 Å². The van der Waals surface area contributed by atoms with Crippen LogP contribution in [0.5, 0.6) is 0 Å². The lowest BCUT2D eigenvalue weighted by Crippen LogP contribution is -2.58. The summed E-state index contributed by atoms with van der Waals surface area (Å²) in [6.07, 6.45) is 0. The number of hydrogen-bond donors (Lipinski definition) is 2. The summed E-state index contributed by atoms with van der Waals surface area (Å²) in [4.78, 5) is 17.0. The molecular weight excluding hydrogens is 334 g/mol. The van der Waals surface area contributed by atoms with Crippen LogP contribution in [0, 0.1) is 5.41 Å². The molecular formula is C15H22BrN3O2. The molecule has 1 aliphatic heterocycles. The van der Waals surface area contributed by atoms with Gasteiger partial charge in [0.05, 0.1) is 18.5 Å². The summed E-state index contributed by atoms with van der Waals surface area (Å²) in [7, 11) is 0. The zero-order valence-electron chi connectivity index (χ0n) is 12.6. The molecule has 1 fully saturated rings. The number of nitrogens with one attached hydrogen (secondary N) is 1. The van der Waals surface area contributed by atoms with Gasteiger partial charge in [-0.3, -0.25) is 0 Å². The molecule has 1 aromatic carbocycles. The average Bonchev–Trinajstić information content (AvgIpc) is 2.32. The van der Waals surface area contributed by atoms with Gasteiger partial charge in [-0.15, -0.1) is 5.06 Å². The molecule has 0 radical (unpaired) electrons. The Morgan fingerprint density at radius 2 is 2.14 bits per heavy atom. The van der Waals surface area contributed by atoms with Crippen molar-refractivity contribution >= 4 is 27.6 Å². The number of carbonyl (C=O) groups is 1. The second kappa shape index (κ2) is 6.34. The number of anilines is 1. The van der Waals surface area contributed by atoms with E-state index in [0.717, 1.165) is 15.7 Å². The van der Waals surface area contributed by atoms with Gasteiger partial charge in [0, 0.05) is 22.7 Å². The summed E-state index contributed by atoms with van der Waals surface area (Å²) < 4.78 is 0.979. The van der Waals surface area contributed by atoms with E-state index in [-0.39, 0.29) is 5.97 Å². The van der Waals surface area contributed by atoms with Crippen LogP contribution in [0.1, 0.15) is 26.3 Å². The van der Waals surface area contributed by atoms with Gasteiger partial charge in [-0.1, -0.05) is 22.0 Å². The molecule has 1 aliphatic rings. The molecule has 0 spiro atoms. The molecule has 2 rings (SSSR count). The van der Waals surface area contributed by atoms with Crippen molar-refractivity contribution in [1.82, 2.24) is 10.4 Å². The van der Waals surface area contributed by atoms with E-state index in [1.54, 1.807) is 5.06 Å². The monoisotopic (exact) mass is 355 g/mol. The molecule has 1 aromatic rings. The SMILES string of the molecule is CC(C)(C)C(=O)ON1CC(NCc2ccc(Br)cc2N)C1. The number of hydrogen-bond acceptors (Lipinski definition) is 5. The molecule has 116 valence electrons. The Morgan fingerprint density at radius 1 is 1.48 bits per heavy atom. The van der Waals surface area contributed by atoms with E-state index in [4.69, 9.17) is 10.6 Å². The van der Waals surface area contributed by atoms with Gasteiger partial charge in [-0.2, -0.15) is 0 Å². The largest absolute Gasteiger partial charge is 0.398 e. The summed E-state index contributed by atoms with van der Waals surface area (Å²) in [5.41, 5.74) is 7.33. The zero-order valence-corrected chi connectivity index (χ0v) is 14.2. The lowest BCUT2D eigenvalue weighted by Gasteiger charge is -2.38. The molecule has 1 heterocycles. The van der Waals surface area contributed by atoms with Crippen molar-refractivity contribution in [2.75, 3.05) is 18.8 Å². The molecule has 0 aliphatic carbocycles. The van der Waals surface area contributed by atoms with Gasteiger partial charge >= 0.3 is 5.97 Å². The Balaban J connectivity index is 1.72. The van der Waals surface area contributed by atoms with E-state index in [9.17, 15) is 4.79 Å². The van der Waals surface area contributed by atoms with Crippen molar-refractivity contribution in [3.05, 3.63) is 28.2 Å². The normalized spacial score (nSPS) is 16.6. The third-order valence-electron chi connectivity index (χ3n) is 3.36. The maximum Gasteiger partial charge on any atom is 0.330 e. The third kappa shape index (κ3) is 4.43. The molecule has 0 aromatic heterocycles. The molecule has 0 atom stereocenters. The fourth-order valence-electron chi connectivity index (χ4n) is 1.88. The lowest BCUT2D eigenvalue weighted by molar-refractivity contribution is -0.222. The quantitative estimate of drug-likeness (QED) is 0.811. The molecule has 5 nitrogen and oxygen atoms in total. The van der Waals surface area contributed by atoms with E-state index in [2.05, 4.69) is 21.2 Å². The van der Waals surface area contributed by atoms with Gasteiger partial charge in [0.2, 0.25) is 0 Å². The Morgan fingerprint density at radius 3 is 2.71 bits per heavy atom. The highest BCUT2D eigenvalue weighted by Gasteiger charge is 2.33. The Hall–Kier alpha value is -1.11. The number of hydroxylamine groups is 2. The second-order valence-corrected chi connectivity index (χ2v) is 7.31. The highest BCUT2D eigenvalue weighted by Crippen LogP contribution is 2.20. The molecule has 0 unspecified atom stereocenters. The van der Waals surface area contributed by atoms with Crippen LogP contribution in [-0.4, -0.2) is 30.2 Å². The third-order valence-corrected chi connectivity index (χ3v) is 3.85. The average molecular weight is 356 g/mol. The van der Waals surface area contributed by atoms with Crippen LogP contribution in [-0.2, 0) is 16.2 Å². The minimum absolute atomic E-state index is 0.196. The first-order valence-electron chi connectivity index (χ1n) is 7.00.